The minimum absolute atomic E-state index is 0.141. The summed E-state index contributed by atoms with van der Waals surface area (Å²) in [5, 5.41) is 12.1. The molecular weight excluding hydrogens is 424 g/mol. The number of hydrogen-bond donors (Lipinski definition) is 1. The van der Waals surface area contributed by atoms with Gasteiger partial charge in [0.25, 0.3) is 0 Å². The lowest BCUT2D eigenvalue weighted by Gasteiger charge is -2.16. The van der Waals surface area contributed by atoms with Crippen molar-refractivity contribution in [3.63, 3.8) is 0 Å². The van der Waals surface area contributed by atoms with E-state index in [1.807, 2.05) is 47.9 Å². The first-order valence-corrected chi connectivity index (χ1v) is 11.2. The predicted molar refractivity (Wildman–Crippen MR) is 128 cm³/mol. The lowest BCUT2D eigenvalue weighted by molar-refractivity contribution is -0.113. The zero-order valence-electron chi connectivity index (χ0n) is 18.8. The van der Waals surface area contributed by atoms with Gasteiger partial charge in [0.1, 0.15) is 11.5 Å². The van der Waals surface area contributed by atoms with Crippen LogP contribution in [0, 0.1) is 13.8 Å². The van der Waals surface area contributed by atoms with Gasteiger partial charge in [-0.05, 0) is 56.2 Å². The third-order valence-corrected chi connectivity index (χ3v) is 5.86. The summed E-state index contributed by atoms with van der Waals surface area (Å²) in [6, 6.07) is 13.2. The van der Waals surface area contributed by atoms with Crippen LogP contribution in [0.4, 0.5) is 5.69 Å². The Morgan fingerprint density at radius 2 is 2.00 bits per heavy atom. The third-order valence-electron chi connectivity index (χ3n) is 4.90. The molecule has 1 unspecified atom stereocenters. The highest BCUT2D eigenvalue weighted by atomic mass is 32.2. The van der Waals surface area contributed by atoms with Gasteiger partial charge >= 0.3 is 0 Å². The highest BCUT2D eigenvalue weighted by Gasteiger charge is 2.20. The van der Waals surface area contributed by atoms with Crippen LogP contribution in [0.25, 0.3) is 0 Å². The first kappa shape index (κ1) is 23.4. The van der Waals surface area contributed by atoms with Gasteiger partial charge < -0.3 is 14.8 Å². The van der Waals surface area contributed by atoms with E-state index in [1.54, 1.807) is 19.3 Å². The average Bonchev–Trinajstić information content (AvgIpc) is 3.18. The number of anilines is 1. The number of aryl methyl sites for hydroxylation is 2. The second-order valence-electron chi connectivity index (χ2n) is 7.32. The SMILES string of the molecule is C=CCn1c(SCC(=O)Nc2cccc(OC)c2)nnc1C(C)Oc1ccc(C)c(C)c1. The molecule has 0 bridgehead atoms. The summed E-state index contributed by atoms with van der Waals surface area (Å²) in [5.74, 6) is 2.19. The molecule has 3 aromatic rings. The molecule has 0 spiro atoms. The van der Waals surface area contributed by atoms with Crippen molar-refractivity contribution in [2.75, 3.05) is 18.2 Å². The first-order valence-electron chi connectivity index (χ1n) is 10.3. The molecule has 3 rings (SSSR count). The number of nitrogens with zero attached hydrogens (tertiary/aromatic N) is 3. The molecule has 168 valence electrons. The third kappa shape index (κ3) is 5.91. The molecule has 1 amide bonds. The van der Waals surface area contributed by atoms with Crippen molar-refractivity contribution < 1.29 is 14.3 Å². The van der Waals surface area contributed by atoms with E-state index >= 15 is 0 Å². The number of thioether (sulfide) groups is 1. The van der Waals surface area contributed by atoms with Crippen LogP contribution in [-0.4, -0.2) is 33.5 Å². The monoisotopic (exact) mass is 452 g/mol. The Balaban J connectivity index is 1.67. The van der Waals surface area contributed by atoms with Gasteiger partial charge in [0.05, 0.1) is 12.9 Å². The molecule has 8 heteroatoms. The maximum atomic E-state index is 12.4. The van der Waals surface area contributed by atoms with Crippen molar-refractivity contribution in [1.82, 2.24) is 14.8 Å². The molecule has 2 aromatic carbocycles. The van der Waals surface area contributed by atoms with Crippen molar-refractivity contribution in [3.8, 4) is 11.5 Å². The minimum atomic E-state index is -0.315. The van der Waals surface area contributed by atoms with Crippen LogP contribution in [-0.2, 0) is 11.3 Å². The summed E-state index contributed by atoms with van der Waals surface area (Å²) in [5.41, 5.74) is 3.06. The number of benzene rings is 2. The van der Waals surface area contributed by atoms with Crippen LogP contribution in [0.3, 0.4) is 0 Å². The number of carbonyl (C=O) groups excluding carboxylic acids is 1. The Hall–Kier alpha value is -3.26. The Morgan fingerprint density at radius 1 is 1.19 bits per heavy atom. The summed E-state index contributed by atoms with van der Waals surface area (Å²) in [7, 11) is 1.59. The van der Waals surface area contributed by atoms with Gasteiger partial charge in [-0.2, -0.15) is 0 Å². The molecule has 32 heavy (non-hydrogen) atoms. The van der Waals surface area contributed by atoms with E-state index in [-0.39, 0.29) is 17.8 Å². The number of nitrogens with one attached hydrogen (secondary N) is 1. The minimum Gasteiger partial charge on any atom is -0.497 e. The molecular formula is C24H28N4O3S. The van der Waals surface area contributed by atoms with Gasteiger partial charge in [-0.25, -0.2) is 0 Å². The Kier molecular flexibility index (Phi) is 7.94. The van der Waals surface area contributed by atoms with Crippen molar-refractivity contribution in [1.29, 1.82) is 0 Å². The molecule has 1 N–H and O–H groups in total. The fourth-order valence-electron chi connectivity index (χ4n) is 3.08. The van der Waals surface area contributed by atoms with Crippen molar-refractivity contribution in [3.05, 3.63) is 72.1 Å². The number of rotatable bonds is 10. The molecule has 1 atom stereocenters. The van der Waals surface area contributed by atoms with Crippen molar-refractivity contribution in [2.45, 2.75) is 38.6 Å². The van der Waals surface area contributed by atoms with Gasteiger partial charge in [-0.3, -0.25) is 9.36 Å². The predicted octanol–water partition coefficient (Wildman–Crippen LogP) is 4.96. The number of amides is 1. The summed E-state index contributed by atoms with van der Waals surface area (Å²) >= 11 is 1.32. The number of ether oxygens (including phenoxy) is 2. The standard InChI is InChI=1S/C24H28N4O3S/c1-6-12-28-23(18(4)31-21-11-10-16(2)17(3)13-21)26-27-24(28)32-15-22(29)25-19-8-7-9-20(14-19)30-5/h6-11,13-14,18H,1,12,15H2,2-5H3,(H,25,29). The van der Waals surface area contributed by atoms with Gasteiger partial charge in [-0.15, -0.1) is 16.8 Å². The van der Waals surface area contributed by atoms with Gasteiger partial charge in [-0.1, -0.05) is 30.0 Å². The highest BCUT2D eigenvalue weighted by Crippen LogP contribution is 2.26. The summed E-state index contributed by atoms with van der Waals surface area (Å²) < 4.78 is 13.2. The topological polar surface area (TPSA) is 78.3 Å². The van der Waals surface area contributed by atoms with E-state index in [4.69, 9.17) is 9.47 Å². The summed E-state index contributed by atoms with van der Waals surface area (Å²) in [4.78, 5) is 12.4. The number of carbonyl (C=O) groups is 1. The Bertz CT molecular complexity index is 1100. The largest absolute Gasteiger partial charge is 0.497 e. The molecule has 7 nitrogen and oxygen atoms in total. The van der Waals surface area contributed by atoms with E-state index in [9.17, 15) is 4.79 Å². The quantitative estimate of drug-likeness (QED) is 0.346. The second-order valence-corrected chi connectivity index (χ2v) is 8.26. The highest BCUT2D eigenvalue weighted by molar-refractivity contribution is 7.99. The lowest BCUT2D eigenvalue weighted by Crippen LogP contribution is -2.15. The fourth-order valence-corrected chi connectivity index (χ4v) is 3.84. The fraction of sp³-hybridized carbons (Fsp3) is 0.292. The molecule has 0 saturated carbocycles. The number of aromatic nitrogens is 3. The molecule has 0 saturated heterocycles. The maximum absolute atomic E-state index is 12.4. The zero-order valence-corrected chi connectivity index (χ0v) is 19.6. The number of allylic oxidation sites excluding steroid dienone is 1. The van der Waals surface area contributed by atoms with Gasteiger partial charge in [0.15, 0.2) is 17.1 Å². The van der Waals surface area contributed by atoms with Gasteiger partial charge in [0, 0.05) is 18.3 Å². The van der Waals surface area contributed by atoms with Crippen LogP contribution in [0.5, 0.6) is 11.5 Å². The van der Waals surface area contributed by atoms with Gasteiger partial charge in [0.2, 0.25) is 5.91 Å². The average molecular weight is 453 g/mol. The zero-order chi connectivity index (χ0) is 23.1. The number of methoxy groups -OCH3 is 1. The van der Waals surface area contributed by atoms with Crippen molar-refractivity contribution in [2.24, 2.45) is 0 Å². The molecule has 0 aliphatic heterocycles. The normalized spacial score (nSPS) is 11.6. The Labute approximate surface area is 192 Å². The van der Waals surface area contributed by atoms with Crippen LogP contribution >= 0.6 is 11.8 Å². The van der Waals surface area contributed by atoms with E-state index < -0.39 is 0 Å². The lowest BCUT2D eigenvalue weighted by atomic mass is 10.1. The second kappa shape index (κ2) is 10.9. The summed E-state index contributed by atoms with van der Waals surface area (Å²) in [6.07, 6.45) is 1.46. The molecule has 0 aliphatic carbocycles. The van der Waals surface area contributed by atoms with Crippen LogP contribution < -0.4 is 14.8 Å². The number of hydrogen-bond acceptors (Lipinski definition) is 6. The molecule has 0 radical (unpaired) electrons. The molecule has 0 aliphatic rings. The first-order chi connectivity index (χ1) is 15.4. The Morgan fingerprint density at radius 3 is 2.72 bits per heavy atom. The summed E-state index contributed by atoms with van der Waals surface area (Å²) in [6.45, 7) is 10.4. The van der Waals surface area contributed by atoms with Crippen LogP contribution in [0.15, 0.2) is 60.3 Å². The molecule has 0 fully saturated rings. The maximum Gasteiger partial charge on any atom is 0.234 e. The van der Waals surface area contributed by atoms with Crippen LogP contribution in [0.1, 0.15) is 30.0 Å². The van der Waals surface area contributed by atoms with E-state index in [0.29, 0.717) is 29.0 Å². The van der Waals surface area contributed by atoms with Crippen molar-refractivity contribution >= 4 is 23.4 Å². The van der Waals surface area contributed by atoms with E-state index in [0.717, 1.165) is 5.75 Å². The van der Waals surface area contributed by atoms with E-state index in [2.05, 4.69) is 35.9 Å². The molecule has 1 aromatic heterocycles. The van der Waals surface area contributed by atoms with E-state index in [1.165, 1.54) is 22.9 Å². The smallest absolute Gasteiger partial charge is 0.234 e. The van der Waals surface area contributed by atoms with Crippen LogP contribution in [0.2, 0.25) is 0 Å². The molecule has 1 heterocycles.